The lowest BCUT2D eigenvalue weighted by Gasteiger charge is -2.27. The highest BCUT2D eigenvalue weighted by atomic mass is 79.9. The molecule has 1 aromatic rings. The highest BCUT2D eigenvalue weighted by Crippen LogP contribution is 2.27. The van der Waals surface area contributed by atoms with Gasteiger partial charge in [0.1, 0.15) is 5.75 Å². The van der Waals surface area contributed by atoms with Crippen LogP contribution in [-0.2, 0) is 4.79 Å². The Bertz CT molecular complexity index is 454. The smallest absolute Gasteiger partial charge is 0.226 e. The molecule has 0 aliphatic carbocycles. The van der Waals surface area contributed by atoms with Crippen LogP contribution >= 0.6 is 39.9 Å². The van der Waals surface area contributed by atoms with E-state index in [2.05, 4.69) is 21.2 Å². The van der Waals surface area contributed by atoms with E-state index in [1.54, 1.807) is 18.2 Å². The average molecular weight is 384 g/mol. The lowest BCUT2D eigenvalue weighted by atomic mass is 10.3. The second-order valence-electron chi connectivity index (χ2n) is 4.30. The summed E-state index contributed by atoms with van der Waals surface area (Å²) in [6, 6.07) is 5.33. The van der Waals surface area contributed by atoms with Crippen LogP contribution < -0.4 is 10.1 Å². The van der Waals surface area contributed by atoms with E-state index in [0.717, 1.165) is 30.7 Å². The van der Waals surface area contributed by atoms with Gasteiger partial charge in [0.05, 0.1) is 17.5 Å². The number of benzene rings is 1. The van der Waals surface area contributed by atoms with Crippen LogP contribution in [0.15, 0.2) is 22.7 Å². The van der Waals surface area contributed by atoms with Crippen LogP contribution in [0, 0.1) is 0 Å². The van der Waals surface area contributed by atoms with Crippen LogP contribution in [0.2, 0.25) is 5.02 Å². The van der Waals surface area contributed by atoms with Crippen LogP contribution in [0.4, 0.5) is 0 Å². The van der Waals surface area contributed by atoms with E-state index in [0.29, 0.717) is 23.8 Å². The van der Waals surface area contributed by atoms with Crippen molar-refractivity contribution in [3.05, 3.63) is 27.7 Å². The predicted molar refractivity (Wildman–Crippen MR) is 86.0 cm³/mol. The van der Waals surface area contributed by atoms with E-state index >= 15 is 0 Å². The zero-order valence-corrected chi connectivity index (χ0v) is 14.1. The molecule has 1 N–H and O–H groups in total. The number of nitrogens with zero attached hydrogens (tertiary/aromatic N) is 1. The van der Waals surface area contributed by atoms with Gasteiger partial charge in [-0.1, -0.05) is 11.6 Å². The number of carbonyl (C=O) groups excluding carboxylic acids is 1. The number of amides is 1. The zero-order valence-electron chi connectivity index (χ0n) is 10.9. The Hall–Kier alpha value is -0.490. The number of piperazine rings is 1. The molecule has 1 heterocycles. The van der Waals surface area contributed by atoms with Crippen molar-refractivity contribution in [1.82, 2.24) is 10.2 Å². The summed E-state index contributed by atoms with van der Waals surface area (Å²) in [6.45, 7) is 3.68. The summed E-state index contributed by atoms with van der Waals surface area (Å²) >= 11 is 9.23. The number of nitrogens with one attached hydrogen (secondary N) is 1. The first-order chi connectivity index (χ1) is 9.16. The molecule has 1 amide bonds. The summed E-state index contributed by atoms with van der Waals surface area (Å²) in [6.07, 6.45) is 0.398. The Kier molecular flexibility index (Phi) is 7.66. The molecular formula is C13H17BrCl2N2O2. The minimum Gasteiger partial charge on any atom is -0.492 e. The summed E-state index contributed by atoms with van der Waals surface area (Å²) in [4.78, 5) is 13.8. The van der Waals surface area contributed by atoms with Gasteiger partial charge in [-0.15, -0.1) is 12.4 Å². The molecule has 0 atom stereocenters. The quantitative estimate of drug-likeness (QED) is 0.869. The van der Waals surface area contributed by atoms with Gasteiger partial charge in [-0.05, 0) is 34.1 Å². The minimum atomic E-state index is 0. The second-order valence-corrected chi connectivity index (χ2v) is 5.59. The highest BCUT2D eigenvalue weighted by molar-refractivity contribution is 9.10. The summed E-state index contributed by atoms with van der Waals surface area (Å²) in [5.41, 5.74) is 0. The molecule has 0 unspecified atom stereocenters. The first kappa shape index (κ1) is 17.6. The van der Waals surface area contributed by atoms with Crippen molar-refractivity contribution < 1.29 is 9.53 Å². The molecule has 20 heavy (non-hydrogen) atoms. The molecule has 1 aromatic carbocycles. The van der Waals surface area contributed by atoms with Crippen molar-refractivity contribution in [3.63, 3.8) is 0 Å². The van der Waals surface area contributed by atoms with Crippen LogP contribution in [0.3, 0.4) is 0 Å². The van der Waals surface area contributed by atoms with Gasteiger partial charge in [-0.2, -0.15) is 0 Å². The van der Waals surface area contributed by atoms with Gasteiger partial charge in [-0.3, -0.25) is 4.79 Å². The topological polar surface area (TPSA) is 41.6 Å². The van der Waals surface area contributed by atoms with E-state index in [-0.39, 0.29) is 18.3 Å². The van der Waals surface area contributed by atoms with Gasteiger partial charge in [0.25, 0.3) is 0 Å². The third-order valence-corrected chi connectivity index (χ3v) is 3.79. The maximum absolute atomic E-state index is 11.9. The Balaban J connectivity index is 0.00000200. The number of hydrogen-bond acceptors (Lipinski definition) is 3. The molecule has 0 bridgehead atoms. The van der Waals surface area contributed by atoms with Crippen LogP contribution in [-0.4, -0.2) is 43.6 Å². The summed E-state index contributed by atoms with van der Waals surface area (Å²) < 4.78 is 6.39. The molecule has 0 spiro atoms. The Labute approximate surface area is 138 Å². The average Bonchev–Trinajstić information content (AvgIpc) is 2.42. The maximum Gasteiger partial charge on any atom is 0.226 e. The van der Waals surface area contributed by atoms with Crippen LogP contribution in [0.1, 0.15) is 6.42 Å². The molecule has 112 valence electrons. The largest absolute Gasteiger partial charge is 0.492 e. The fourth-order valence-electron chi connectivity index (χ4n) is 1.91. The second kappa shape index (κ2) is 8.72. The molecular weight excluding hydrogens is 367 g/mol. The monoisotopic (exact) mass is 382 g/mol. The molecule has 0 saturated carbocycles. The molecule has 1 aliphatic rings. The van der Waals surface area contributed by atoms with E-state index in [1.807, 2.05) is 4.90 Å². The van der Waals surface area contributed by atoms with Crippen molar-refractivity contribution in [1.29, 1.82) is 0 Å². The van der Waals surface area contributed by atoms with Gasteiger partial charge in [0.15, 0.2) is 0 Å². The van der Waals surface area contributed by atoms with Gasteiger partial charge >= 0.3 is 0 Å². The summed E-state index contributed by atoms with van der Waals surface area (Å²) in [5.74, 6) is 0.851. The van der Waals surface area contributed by atoms with Crippen molar-refractivity contribution >= 4 is 45.8 Å². The number of hydrogen-bond donors (Lipinski definition) is 1. The molecule has 2 rings (SSSR count). The lowest BCUT2D eigenvalue weighted by Crippen LogP contribution is -2.46. The highest BCUT2D eigenvalue weighted by Gasteiger charge is 2.15. The Morgan fingerprint density at radius 1 is 1.40 bits per heavy atom. The summed E-state index contributed by atoms with van der Waals surface area (Å²) in [7, 11) is 0. The first-order valence-corrected chi connectivity index (χ1v) is 7.40. The van der Waals surface area contributed by atoms with Crippen molar-refractivity contribution in [2.45, 2.75) is 6.42 Å². The lowest BCUT2D eigenvalue weighted by molar-refractivity contribution is -0.132. The molecule has 1 fully saturated rings. The number of halogens is 3. The molecule has 1 saturated heterocycles. The van der Waals surface area contributed by atoms with E-state index in [9.17, 15) is 4.79 Å². The van der Waals surface area contributed by atoms with Gasteiger partial charge in [0, 0.05) is 31.2 Å². The molecule has 0 radical (unpaired) electrons. The van der Waals surface area contributed by atoms with E-state index < -0.39 is 0 Å². The van der Waals surface area contributed by atoms with Gasteiger partial charge in [0.2, 0.25) is 5.91 Å². The molecule has 0 aromatic heterocycles. The third-order valence-electron chi connectivity index (χ3n) is 2.94. The minimum absolute atomic E-state index is 0. The normalized spacial score (nSPS) is 14.6. The van der Waals surface area contributed by atoms with Crippen molar-refractivity contribution in [2.75, 3.05) is 32.8 Å². The fraction of sp³-hybridized carbons (Fsp3) is 0.462. The zero-order chi connectivity index (χ0) is 13.7. The third kappa shape index (κ3) is 5.13. The molecule has 4 nitrogen and oxygen atoms in total. The molecule has 7 heteroatoms. The first-order valence-electron chi connectivity index (χ1n) is 6.23. The Morgan fingerprint density at radius 3 is 2.75 bits per heavy atom. The Morgan fingerprint density at radius 2 is 2.10 bits per heavy atom. The van der Waals surface area contributed by atoms with Crippen LogP contribution in [0.25, 0.3) is 0 Å². The summed E-state index contributed by atoms with van der Waals surface area (Å²) in [5, 5.41) is 3.87. The maximum atomic E-state index is 11.9. The van der Waals surface area contributed by atoms with E-state index in [4.69, 9.17) is 16.3 Å². The van der Waals surface area contributed by atoms with Crippen molar-refractivity contribution in [3.8, 4) is 5.75 Å². The number of ether oxygens (including phenoxy) is 1. The predicted octanol–water partition coefficient (Wildman–Crippen LogP) is 2.73. The number of rotatable bonds is 4. The number of carbonyl (C=O) groups is 1. The van der Waals surface area contributed by atoms with Gasteiger partial charge in [-0.25, -0.2) is 0 Å². The van der Waals surface area contributed by atoms with Crippen LogP contribution in [0.5, 0.6) is 5.75 Å². The SMILES string of the molecule is Cl.O=C(CCOc1ccc(Cl)cc1Br)N1CCNCC1. The van der Waals surface area contributed by atoms with Crippen molar-refractivity contribution in [2.24, 2.45) is 0 Å². The van der Waals surface area contributed by atoms with Gasteiger partial charge < -0.3 is 15.0 Å². The fourth-order valence-corrected chi connectivity index (χ4v) is 2.71. The standard InChI is InChI=1S/C13H16BrClN2O2.ClH/c14-11-9-10(15)1-2-12(11)19-8-3-13(18)17-6-4-16-5-7-17;/h1-2,9,16H,3-8H2;1H. The van der Waals surface area contributed by atoms with E-state index in [1.165, 1.54) is 0 Å². The molecule has 1 aliphatic heterocycles.